The molecule has 0 spiro atoms. The maximum atomic E-state index is 12.4. The van der Waals surface area contributed by atoms with Crippen molar-refractivity contribution in [1.82, 2.24) is 9.47 Å². The van der Waals surface area contributed by atoms with Crippen LogP contribution in [0.3, 0.4) is 0 Å². The van der Waals surface area contributed by atoms with Gasteiger partial charge in [0.05, 0.1) is 6.04 Å². The number of amides is 1. The molecule has 1 saturated heterocycles. The summed E-state index contributed by atoms with van der Waals surface area (Å²) in [4.78, 5) is 14.4. The molecule has 98 valence electrons. The number of likely N-dealkylation sites (tertiary alicyclic amines) is 1. The normalized spacial score (nSPS) is 20.5. The zero-order valence-electron chi connectivity index (χ0n) is 11.5. The van der Waals surface area contributed by atoms with Gasteiger partial charge in [-0.1, -0.05) is 13.0 Å². The molecule has 0 N–H and O–H groups in total. The third-order valence-electron chi connectivity index (χ3n) is 3.69. The lowest BCUT2D eigenvalue weighted by atomic mass is 10.1. The van der Waals surface area contributed by atoms with Crippen molar-refractivity contribution in [2.45, 2.75) is 39.2 Å². The Morgan fingerprint density at radius 2 is 2.33 bits per heavy atom. The Morgan fingerprint density at radius 3 is 2.94 bits per heavy atom. The van der Waals surface area contributed by atoms with E-state index in [1.807, 2.05) is 37.2 Å². The highest BCUT2D eigenvalue weighted by atomic mass is 16.2. The van der Waals surface area contributed by atoms with Gasteiger partial charge in [0.25, 0.3) is 0 Å². The molecule has 1 aliphatic rings. The number of hydrogen-bond acceptors (Lipinski definition) is 1. The van der Waals surface area contributed by atoms with Crippen LogP contribution < -0.4 is 0 Å². The molecule has 0 aliphatic carbocycles. The van der Waals surface area contributed by atoms with Gasteiger partial charge in [-0.05, 0) is 38.3 Å². The summed E-state index contributed by atoms with van der Waals surface area (Å²) in [7, 11) is 2.05. The molecule has 1 aromatic rings. The maximum absolute atomic E-state index is 12.4. The van der Waals surface area contributed by atoms with E-state index in [4.69, 9.17) is 0 Å². The second kappa shape index (κ2) is 5.42. The zero-order chi connectivity index (χ0) is 13.1. The summed E-state index contributed by atoms with van der Waals surface area (Å²) in [5, 5.41) is 0. The van der Waals surface area contributed by atoms with Gasteiger partial charge in [-0.25, -0.2) is 0 Å². The van der Waals surface area contributed by atoms with E-state index in [0.29, 0.717) is 0 Å². The van der Waals surface area contributed by atoms with Crippen LogP contribution in [0.5, 0.6) is 0 Å². The molecule has 1 unspecified atom stereocenters. The van der Waals surface area contributed by atoms with E-state index in [-0.39, 0.29) is 11.9 Å². The highest BCUT2D eigenvalue weighted by Gasteiger charge is 2.31. The molecular weight excluding hydrogens is 224 g/mol. The average molecular weight is 246 g/mol. The van der Waals surface area contributed by atoms with E-state index < -0.39 is 0 Å². The van der Waals surface area contributed by atoms with Gasteiger partial charge in [-0.2, -0.15) is 0 Å². The van der Waals surface area contributed by atoms with Crippen molar-refractivity contribution < 1.29 is 4.79 Å². The Morgan fingerprint density at radius 1 is 1.56 bits per heavy atom. The van der Waals surface area contributed by atoms with E-state index in [9.17, 15) is 4.79 Å². The van der Waals surface area contributed by atoms with Crippen LogP contribution >= 0.6 is 0 Å². The standard InChI is InChI=1S/C15H22N2O/c1-4-7-12(2)15(18)17-11-6-9-14(17)13-8-5-10-16(13)3/h5,7-8,10,14H,4,6,9,11H2,1-3H3/b12-7+. The van der Waals surface area contributed by atoms with Crippen LogP contribution in [0, 0.1) is 0 Å². The second-order valence-corrected chi connectivity index (χ2v) is 5.00. The summed E-state index contributed by atoms with van der Waals surface area (Å²) in [5.74, 6) is 0.195. The van der Waals surface area contributed by atoms with Gasteiger partial charge in [0.1, 0.15) is 0 Å². The minimum absolute atomic E-state index is 0.195. The number of nitrogens with zero attached hydrogens (tertiary/aromatic N) is 2. The smallest absolute Gasteiger partial charge is 0.249 e. The summed E-state index contributed by atoms with van der Waals surface area (Å²) >= 11 is 0. The molecule has 1 aromatic heterocycles. The first kappa shape index (κ1) is 12.9. The van der Waals surface area contributed by atoms with Crippen LogP contribution in [-0.2, 0) is 11.8 Å². The van der Waals surface area contributed by atoms with E-state index in [0.717, 1.165) is 31.4 Å². The first-order valence-corrected chi connectivity index (χ1v) is 6.74. The first-order chi connectivity index (χ1) is 8.65. The molecule has 0 aromatic carbocycles. The summed E-state index contributed by atoms with van der Waals surface area (Å²) in [6.45, 7) is 4.87. The Hall–Kier alpha value is -1.51. The van der Waals surface area contributed by atoms with Crippen molar-refractivity contribution in [3.8, 4) is 0 Å². The highest BCUT2D eigenvalue weighted by molar-refractivity contribution is 5.93. The highest BCUT2D eigenvalue weighted by Crippen LogP contribution is 2.32. The number of carbonyl (C=O) groups excluding carboxylic acids is 1. The SMILES string of the molecule is CC/C=C(\C)C(=O)N1CCCC1c1cccn1C. The number of rotatable bonds is 3. The van der Waals surface area contributed by atoms with Gasteiger partial charge < -0.3 is 9.47 Å². The third kappa shape index (κ3) is 2.35. The number of allylic oxidation sites excluding steroid dienone is 1. The van der Waals surface area contributed by atoms with E-state index in [1.165, 1.54) is 5.69 Å². The minimum Gasteiger partial charge on any atom is -0.353 e. The molecule has 1 amide bonds. The predicted octanol–water partition coefficient (Wildman–Crippen LogP) is 3.04. The summed E-state index contributed by atoms with van der Waals surface area (Å²) in [6.07, 6.45) is 7.15. The van der Waals surface area contributed by atoms with Crippen LogP contribution in [0.1, 0.15) is 44.8 Å². The Balaban J connectivity index is 2.21. The van der Waals surface area contributed by atoms with E-state index in [1.54, 1.807) is 0 Å². The zero-order valence-corrected chi connectivity index (χ0v) is 11.5. The Bertz CT molecular complexity index is 459. The van der Waals surface area contributed by atoms with Crippen LogP contribution in [0.15, 0.2) is 30.0 Å². The summed E-state index contributed by atoms with van der Waals surface area (Å²) in [6, 6.07) is 4.41. The molecule has 0 saturated carbocycles. The van der Waals surface area contributed by atoms with Crippen molar-refractivity contribution in [3.05, 3.63) is 35.7 Å². The van der Waals surface area contributed by atoms with Crippen LogP contribution in [0.25, 0.3) is 0 Å². The van der Waals surface area contributed by atoms with Crippen molar-refractivity contribution in [3.63, 3.8) is 0 Å². The molecule has 1 aliphatic heterocycles. The van der Waals surface area contributed by atoms with Gasteiger partial charge in [0.15, 0.2) is 0 Å². The van der Waals surface area contributed by atoms with Crippen molar-refractivity contribution in [2.24, 2.45) is 7.05 Å². The van der Waals surface area contributed by atoms with Crippen molar-refractivity contribution >= 4 is 5.91 Å². The predicted molar refractivity (Wildman–Crippen MR) is 73.1 cm³/mol. The first-order valence-electron chi connectivity index (χ1n) is 6.74. The topological polar surface area (TPSA) is 25.2 Å². The van der Waals surface area contributed by atoms with Crippen LogP contribution in [0.2, 0.25) is 0 Å². The van der Waals surface area contributed by atoms with Gasteiger partial charge in [-0.3, -0.25) is 4.79 Å². The van der Waals surface area contributed by atoms with Gasteiger partial charge >= 0.3 is 0 Å². The molecule has 2 heterocycles. The van der Waals surface area contributed by atoms with Gasteiger partial charge in [-0.15, -0.1) is 0 Å². The number of carbonyl (C=O) groups is 1. The molecular formula is C15H22N2O. The maximum Gasteiger partial charge on any atom is 0.249 e. The lowest BCUT2D eigenvalue weighted by molar-refractivity contribution is -0.128. The molecule has 2 rings (SSSR count). The number of aromatic nitrogens is 1. The van der Waals surface area contributed by atoms with E-state index in [2.05, 4.69) is 17.6 Å². The number of aryl methyl sites for hydroxylation is 1. The fourth-order valence-corrected chi connectivity index (χ4v) is 2.76. The summed E-state index contributed by atoms with van der Waals surface area (Å²) in [5.41, 5.74) is 2.11. The molecule has 1 atom stereocenters. The largest absolute Gasteiger partial charge is 0.353 e. The lowest BCUT2D eigenvalue weighted by Crippen LogP contribution is -2.31. The average Bonchev–Trinajstić information content (AvgIpc) is 2.96. The van der Waals surface area contributed by atoms with Gasteiger partial charge in [0.2, 0.25) is 5.91 Å². The fraction of sp³-hybridized carbons (Fsp3) is 0.533. The molecule has 0 bridgehead atoms. The minimum atomic E-state index is 0.195. The monoisotopic (exact) mass is 246 g/mol. The molecule has 3 nitrogen and oxygen atoms in total. The number of hydrogen-bond donors (Lipinski definition) is 0. The Labute approximate surface area is 109 Å². The second-order valence-electron chi connectivity index (χ2n) is 5.00. The van der Waals surface area contributed by atoms with Crippen molar-refractivity contribution in [1.29, 1.82) is 0 Å². The van der Waals surface area contributed by atoms with Crippen LogP contribution in [-0.4, -0.2) is 21.9 Å². The van der Waals surface area contributed by atoms with E-state index >= 15 is 0 Å². The molecule has 18 heavy (non-hydrogen) atoms. The Kier molecular flexibility index (Phi) is 3.90. The third-order valence-corrected chi connectivity index (χ3v) is 3.69. The molecule has 1 fully saturated rings. The lowest BCUT2D eigenvalue weighted by Gasteiger charge is -2.25. The quantitative estimate of drug-likeness (QED) is 0.752. The van der Waals surface area contributed by atoms with Crippen molar-refractivity contribution in [2.75, 3.05) is 6.54 Å². The van der Waals surface area contributed by atoms with Gasteiger partial charge in [0, 0.05) is 31.1 Å². The summed E-state index contributed by atoms with van der Waals surface area (Å²) < 4.78 is 2.12. The molecule has 0 radical (unpaired) electrons. The fourth-order valence-electron chi connectivity index (χ4n) is 2.76. The molecule has 3 heteroatoms. The van der Waals surface area contributed by atoms with Crippen LogP contribution in [0.4, 0.5) is 0 Å².